The van der Waals surface area contributed by atoms with Gasteiger partial charge in [-0.3, -0.25) is 4.79 Å². The Morgan fingerprint density at radius 1 is 1.32 bits per heavy atom. The minimum absolute atomic E-state index is 0.419. The van der Waals surface area contributed by atoms with Crippen LogP contribution in [0.15, 0.2) is 24.3 Å². The van der Waals surface area contributed by atoms with E-state index in [0.29, 0.717) is 24.3 Å². The summed E-state index contributed by atoms with van der Waals surface area (Å²) in [5.74, 6) is 0.545. The number of benzene rings is 1. The quantitative estimate of drug-likeness (QED) is 0.646. The van der Waals surface area contributed by atoms with E-state index < -0.39 is 11.7 Å². The van der Waals surface area contributed by atoms with Gasteiger partial charge in [0.2, 0.25) is 0 Å². The summed E-state index contributed by atoms with van der Waals surface area (Å²) in [5, 5.41) is 2.68. The molecular weight excluding hydrogens is 282 g/mol. The monoisotopic (exact) mass is 305 g/mol. The van der Waals surface area contributed by atoms with Crippen molar-refractivity contribution in [3.05, 3.63) is 35.4 Å². The predicted octanol–water partition coefficient (Wildman–Crippen LogP) is 3.44. The van der Waals surface area contributed by atoms with E-state index in [-0.39, 0.29) is 0 Å². The first-order chi connectivity index (χ1) is 10.4. The summed E-state index contributed by atoms with van der Waals surface area (Å²) in [6.45, 7) is 5.96. The molecule has 0 bridgehead atoms. The normalized spacial score (nSPS) is 11.3. The van der Waals surface area contributed by atoms with Crippen LogP contribution >= 0.6 is 0 Å². The zero-order valence-corrected chi connectivity index (χ0v) is 13.5. The number of carbonyl (C=O) groups is 2. The molecular formula is C17H23NO4. The number of amides is 1. The second-order valence-corrected chi connectivity index (χ2v) is 5.74. The van der Waals surface area contributed by atoms with Crippen molar-refractivity contribution < 1.29 is 19.1 Å². The van der Waals surface area contributed by atoms with E-state index in [1.807, 2.05) is 39.0 Å². The lowest BCUT2D eigenvalue weighted by atomic mass is 10.1. The molecule has 0 aliphatic heterocycles. The molecule has 1 rings (SSSR count). The van der Waals surface area contributed by atoms with Crippen LogP contribution in [0.4, 0.5) is 4.79 Å². The number of hydrogen-bond acceptors (Lipinski definition) is 4. The maximum atomic E-state index is 11.4. The third kappa shape index (κ3) is 6.43. The van der Waals surface area contributed by atoms with Crippen molar-refractivity contribution in [3.8, 4) is 5.75 Å². The SMILES string of the molecule is COc1cc(C=CCCNC(=O)OC(C)(C)C)ccc1C=O. The molecule has 120 valence electrons. The van der Waals surface area contributed by atoms with Crippen LogP contribution in [0.1, 0.15) is 43.1 Å². The molecule has 0 heterocycles. The van der Waals surface area contributed by atoms with Crippen LogP contribution in [-0.4, -0.2) is 31.6 Å². The third-order valence-electron chi connectivity index (χ3n) is 2.67. The Labute approximate surface area is 131 Å². The van der Waals surface area contributed by atoms with E-state index in [1.54, 1.807) is 12.1 Å². The van der Waals surface area contributed by atoms with E-state index in [9.17, 15) is 9.59 Å². The van der Waals surface area contributed by atoms with Gasteiger partial charge in [-0.15, -0.1) is 0 Å². The van der Waals surface area contributed by atoms with Gasteiger partial charge in [0, 0.05) is 6.54 Å². The van der Waals surface area contributed by atoms with Crippen molar-refractivity contribution in [3.63, 3.8) is 0 Å². The summed E-state index contributed by atoms with van der Waals surface area (Å²) in [6.07, 6.45) is 4.87. The number of ether oxygens (including phenoxy) is 2. The highest BCUT2D eigenvalue weighted by molar-refractivity contribution is 5.80. The molecule has 0 saturated carbocycles. The number of rotatable bonds is 6. The number of carbonyl (C=O) groups excluding carboxylic acids is 2. The molecule has 5 heteroatoms. The molecule has 0 unspecified atom stereocenters. The van der Waals surface area contributed by atoms with Gasteiger partial charge < -0.3 is 14.8 Å². The topological polar surface area (TPSA) is 64.6 Å². The van der Waals surface area contributed by atoms with Crippen LogP contribution in [0.3, 0.4) is 0 Å². The van der Waals surface area contributed by atoms with E-state index in [0.717, 1.165) is 11.8 Å². The fourth-order valence-corrected chi connectivity index (χ4v) is 1.72. The summed E-state index contributed by atoms with van der Waals surface area (Å²) in [7, 11) is 1.53. The summed E-state index contributed by atoms with van der Waals surface area (Å²) in [5.41, 5.74) is 0.961. The van der Waals surface area contributed by atoms with Crippen molar-refractivity contribution in [1.82, 2.24) is 5.32 Å². The highest BCUT2D eigenvalue weighted by Crippen LogP contribution is 2.19. The van der Waals surface area contributed by atoms with Gasteiger partial charge in [-0.1, -0.05) is 18.2 Å². The Hall–Kier alpha value is -2.30. The van der Waals surface area contributed by atoms with Crippen molar-refractivity contribution in [2.24, 2.45) is 0 Å². The van der Waals surface area contributed by atoms with Gasteiger partial charge in [0.1, 0.15) is 11.4 Å². The standard InChI is InChI=1S/C17H23NO4/c1-17(2,3)22-16(20)18-10-6-5-7-13-8-9-14(12-19)15(11-13)21-4/h5,7-9,11-12H,6,10H2,1-4H3,(H,18,20). The van der Waals surface area contributed by atoms with E-state index in [2.05, 4.69) is 5.32 Å². The molecule has 0 aliphatic rings. The van der Waals surface area contributed by atoms with Gasteiger partial charge in [-0.05, 0) is 44.9 Å². The van der Waals surface area contributed by atoms with Crippen molar-refractivity contribution in [1.29, 1.82) is 0 Å². The molecule has 0 fully saturated rings. The second kappa shape index (κ2) is 8.22. The molecule has 0 aromatic heterocycles. The van der Waals surface area contributed by atoms with Crippen molar-refractivity contribution in [2.45, 2.75) is 32.8 Å². The lowest BCUT2D eigenvalue weighted by molar-refractivity contribution is 0.0528. The van der Waals surface area contributed by atoms with Crippen molar-refractivity contribution >= 4 is 18.5 Å². The van der Waals surface area contributed by atoms with Gasteiger partial charge in [0.15, 0.2) is 6.29 Å². The van der Waals surface area contributed by atoms with Crippen LogP contribution in [0.2, 0.25) is 0 Å². The summed E-state index contributed by atoms with van der Waals surface area (Å²) in [6, 6.07) is 5.34. The molecule has 5 nitrogen and oxygen atoms in total. The molecule has 1 amide bonds. The Morgan fingerprint density at radius 2 is 2.05 bits per heavy atom. The lowest BCUT2D eigenvalue weighted by Gasteiger charge is -2.19. The Morgan fingerprint density at radius 3 is 2.64 bits per heavy atom. The van der Waals surface area contributed by atoms with Crippen LogP contribution in [0.25, 0.3) is 6.08 Å². The fourth-order valence-electron chi connectivity index (χ4n) is 1.72. The maximum Gasteiger partial charge on any atom is 0.407 e. The van der Waals surface area contributed by atoms with Crippen LogP contribution in [-0.2, 0) is 4.74 Å². The Bertz CT molecular complexity index is 544. The number of alkyl carbamates (subject to hydrolysis) is 1. The molecule has 0 atom stereocenters. The first-order valence-corrected chi connectivity index (χ1v) is 7.12. The van der Waals surface area contributed by atoms with Crippen LogP contribution in [0.5, 0.6) is 5.75 Å². The molecule has 1 aromatic carbocycles. The number of aldehydes is 1. The minimum atomic E-state index is -0.489. The largest absolute Gasteiger partial charge is 0.496 e. The highest BCUT2D eigenvalue weighted by atomic mass is 16.6. The lowest BCUT2D eigenvalue weighted by Crippen LogP contribution is -2.32. The molecule has 0 saturated heterocycles. The fraction of sp³-hybridized carbons (Fsp3) is 0.412. The second-order valence-electron chi connectivity index (χ2n) is 5.74. The zero-order valence-electron chi connectivity index (χ0n) is 13.5. The third-order valence-corrected chi connectivity index (χ3v) is 2.67. The van der Waals surface area contributed by atoms with Gasteiger partial charge in [-0.2, -0.15) is 0 Å². The van der Waals surface area contributed by atoms with Crippen LogP contribution < -0.4 is 10.1 Å². The van der Waals surface area contributed by atoms with E-state index in [1.165, 1.54) is 7.11 Å². The number of hydrogen-bond donors (Lipinski definition) is 1. The first kappa shape index (κ1) is 17.8. The summed E-state index contributed by atoms with van der Waals surface area (Å²) < 4.78 is 10.3. The maximum absolute atomic E-state index is 11.4. The molecule has 0 radical (unpaired) electrons. The predicted molar refractivity (Wildman–Crippen MR) is 86.3 cm³/mol. The summed E-state index contributed by atoms with van der Waals surface area (Å²) >= 11 is 0. The molecule has 22 heavy (non-hydrogen) atoms. The zero-order chi connectivity index (χ0) is 16.6. The smallest absolute Gasteiger partial charge is 0.407 e. The molecule has 1 N–H and O–H groups in total. The van der Waals surface area contributed by atoms with Crippen LogP contribution in [0, 0.1) is 0 Å². The highest BCUT2D eigenvalue weighted by Gasteiger charge is 2.15. The van der Waals surface area contributed by atoms with Gasteiger partial charge in [0.25, 0.3) is 0 Å². The number of methoxy groups -OCH3 is 1. The first-order valence-electron chi connectivity index (χ1n) is 7.12. The van der Waals surface area contributed by atoms with Gasteiger partial charge in [-0.25, -0.2) is 4.79 Å². The minimum Gasteiger partial charge on any atom is -0.496 e. The molecule has 0 spiro atoms. The molecule has 1 aromatic rings. The molecule has 0 aliphatic carbocycles. The van der Waals surface area contributed by atoms with Gasteiger partial charge in [0.05, 0.1) is 12.7 Å². The summed E-state index contributed by atoms with van der Waals surface area (Å²) in [4.78, 5) is 22.2. The Balaban J connectivity index is 2.43. The van der Waals surface area contributed by atoms with Gasteiger partial charge >= 0.3 is 6.09 Å². The average molecular weight is 305 g/mol. The van der Waals surface area contributed by atoms with Crippen molar-refractivity contribution in [2.75, 3.05) is 13.7 Å². The number of nitrogens with one attached hydrogen (secondary N) is 1. The Kier molecular flexibility index (Phi) is 6.63. The van der Waals surface area contributed by atoms with E-state index >= 15 is 0 Å². The average Bonchev–Trinajstić information content (AvgIpc) is 2.44. The van der Waals surface area contributed by atoms with E-state index in [4.69, 9.17) is 9.47 Å².